The molecule has 2 aromatic heterocycles. The molecule has 2 heterocycles. The molecule has 6 nitrogen and oxygen atoms in total. The number of likely N-dealkylation sites (N-methyl/N-ethyl adjacent to an activating group) is 1. The van der Waals surface area contributed by atoms with E-state index in [1.807, 2.05) is 23.5 Å². The number of hydrogen-bond acceptors (Lipinski definition) is 7. The highest BCUT2D eigenvalue weighted by molar-refractivity contribution is 7.19. The van der Waals surface area contributed by atoms with E-state index in [9.17, 15) is 0 Å². The molecule has 1 aliphatic carbocycles. The molecule has 1 atom stereocenters. The van der Waals surface area contributed by atoms with Crippen molar-refractivity contribution < 1.29 is 9.47 Å². The molecule has 0 spiro atoms. The van der Waals surface area contributed by atoms with Crippen LogP contribution in [0.1, 0.15) is 34.9 Å². The van der Waals surface area contributed by atoms with Crippen LogP contribution in [-0.4, -0.2) is 49.7 Å². The summed E-state index contributed by atoms with van der Waals surface area (Å²) < 4.78 is 10.9. The van der Waals surface area contributed by atoms with Crippen LogP contribution in [0.5, 0.6) is 11.5 Å². The zero-order valence-electron chi connectivity index (χ0n) is 17.5. The Morgan fingerprint density at radius 2 is 1.90 bits per heavy atom. The van der Waals surface area contributed by atoms with Gasteiger partial charge in [-0.25, -0.2) is 9.97 Å². The molecule has 7 heteroatoms. The van der Waals surface area contributed by atoms with E-state index in [0.717, 1.165) is 40.7 Å². The van der Waals surface area contributed by atoms with E-state index < -0.39 is 0 Å². The lowest BCUT2D eigenvalue weighted by atomic mass is 9.97. The second-order valence-electron chi connectivity index (χ2n) is 7.59. The monoisotopic (exact) mass is 412 g/mol. The first-order valence-electron chi connectivity index (χ1n) is 9.99. The molecule has 0 radical (unpaired) electrons. The van der Waals surface area contributed by atoms with Crippen LogP contribution in [0.2, 0.25) is 0 Å². The van der Waals surface area contributed by atoms with E-state index in [4.69, 9.17) is 9.47 Å². The lowest BCUT2D eigenvalue weighted by Crippen LogP contribution is -2.27. The number of nitrogens with one attached hydrogen (secondary N) is 1. The fourth-order valence-corrected chi connectivity index (χ4v) is 5.31. The van der Waals surface area contributed by atoms with Gasteiger partial charge in [-0.05, 0) is 63.0 Å². The molecule has 1 unspecified atom stereocenters. The summed E-state index contributed by atoms with van der Waals surface area (Å²) in [6, 6.07) is 6.26. The molecular weight excluding hydrogens is 384 g/mol. The van der Waals surface area contributed by atoms with Gasteiger partial charge in [-0.15, -0.1) is 11.3 Å². The maximum absolute atomic E-state index is 5.50. The number of rotatable bonds is 7. The van der Waals surface area contributed by atoms with Gasteiger partial charge in [0.1, 0.15) is 17.0 Å². The molecular formula is C22H28N4O2S. The van der Waals surface area contributed by atoms with Crippen molar-refractivity contribution in [1.29, 1.82) is 0 Å². The summed E-state index contributed by atoms with van der Waals surface area (Å²) in [7, 11) is 7.50. The second kappa shape index (κ2) is 8.55. The second-order valence-corrected chi connectivity index (χ2v) is 8.67. The van der Waals surface area contributed by atoms with E-state index in [2.05, 4.69) is 40.3 Å². The van der Waals surface area contributed by atoms with Crippen LogP contribution in [0, 0.1) is 0 Å². The van der Waals surface area contributed by atoms with E-state index in [1.54, 1.807) is 20.5 Å². The Kier molecular flexibility index (Phi) is 5.87. The smallest absolute Gasteiger partial charge is 0.161 e. The number of methoxy groups -OCH3 is 2. The van der Waals surface area contributed by atoms with Crippen molar-refractivity contribution in [3.05, 3.63) is 40.5 Å². The Labute approximate surface area is 175 Å². The number of benzene rings is 1. The van der Waals surface area contributed by atoms with Crippen LogP contribution in [0.25, 0.3) is 10.2 Å². The minimum absolute atomic E-state index is 0.161. The number of fused-ring (bicyclic) bond motifs is 3. The summed E-state index contributed by atoms with van der Waals surface area (Å²) in [6.45, 7) is 0.735. The van der Waals surface area contributed by atoms with Crippen molar-refractivity contribution in [2.75, 3.05) is 40.2 Å². The molecule has 29 heavy (non-hydrogen) atoms. The number of nitrogens with zero attached hydrogens (tertiary/aromatic N) is 3. The Bertz CT molecular complexity index is 1000. The number of ether oxygens (including phenoxy) is 2. The predicted molar refractivity (Wildman–Crippen MR) is 119 cm³/mol. The lowest BCUT2D eigenvalue weighted by Gasteiger charge is -2.26. The van der Waals surface area contributed by atoms with Crippen LogP contribution < -0.4 is 14.8 Å². The van der Waals surface area contributed by atoms with Gasteiger partial charge in [0.25, 0.3) is 0 Å². The Morgan fingerprint density at radius 1 is 1.10 bits per heavy atom. The third kappa shape index (κ3) is 3.89. The molecule has 0 fully saturated rings. The number of aryl methyl sites for hydroxylation is 2. The average molecular weight is 413 g/mol. The van der Waals surface area contributed by atoms with Crippen LogP contribution in [-0.2, 0) is 12.8 Å². The standard InChI is InChI=1S/C22H28N4O2S/c1-26(2)16(14-9-10-17(27-3)18(11-14)28-4)12-23-21-20-15-7-5-6-8-19(15)29-22(20)25-13-24-21/h9-11,13,16H,5-8,12H2,1-4H3,(H,23,24,25). The van der Waals surface area contributed by atoms with Crippen LogP contribution in [0.15, 0.2) is 24.5 Å². The highest BCUT2D eigenvalue weighted by Gasteiger charge is 2.21. The van der Waals surface area contributed by atoms with Gasteiger partial charge in [-0.2, -0.15) is 0 Å². The molecule has 0 amide bonds. The van der Waals surface area contributed by atoms with Crippen LogP contribution in [0.4, 0.5) is 5.82 Å². The van der Waals surface area contributed by atoms with Crippen molar-refractivity contribution in [3.63, 3.8) is 0 Å². The van der Waals surface area contributed by atoms with Gasteiger partial charge >= 0.3 is 0 Å². The van der Waals surface area contributed by atoms with Crippen molar-refractivity contribution in [2.45, 2.75) is 31.7 Å². The zero-order valence-corrected chi connectivity index (χ0v) is 18.3. The molecule has 1 aliphatic rings. The molecule has 154 valence electrons. The Hall–Kier alpha value is -2.38. The van der Waals surface area contributed by atoms with Crippen LogP contribution >= 0.6 is 11.3 Å². The predicted octanol–water partition coefficient (Wildman–Crippen LogP) is 4.30. The minimum Gasteiger partial charge on any atom is -0.493 e. The highest BCUT2D eigenvalue weighted by Crippen LogP contribution is 2.38. The minimum atomic E-state index is 0.161. The van der Waals surface area contributed by atoms with Gasteiger partial charge in [-0.3, -0.25) is 0 Å². The van der Waals surface area contributed by atoms with Crippen molar-refractivity contribution in [1.82, 2.24) is 14.9 Å². The number of thiophene rings is 1. The topological polar surface area (TPSA) is 59.5 Å². The summed E-state index contributed by atoms with van der Waals surface area (Å²) in [5, 5.41) is 4.83. The van der Waals surface area contributed by atoms with E-state index >= 15 is 0 Å². The molecule has 1 aromatic carbocycles. The van der Waals surface area contributed by atoms with Crippen molar-refractivity contribution in [3.8, 4) is 11.5 Å². The Morgan fingerprint density at radius 3 is 2.66 bits per heavy atom. The molecule has 3 aromatic rings. The largest absolute Gasteiger partial charge is 0.493 e. The number of aromatic nitrogens is 2. The van der Waals surface area contributed by atoms with Crippen LogP contribution in [0.3, 0.4) is 0 Å². The molecule has 0 saturated heterocycles. The maximum Gasteiger partial charge on any atom is 0.161 e. The number of anilines is 1. The summed E-state index contributed by atoms with van der Waals surface area (Å²) in [5.41, 5.74) is 2.62. The zero-order chi connectivity index (χ0) is 20.4. The fourth-order valence-electron chi connectivity index (χ4n) is 4.08. The third-order valence-corrected chi connectivity index (χ3v) is 6.83. The Balaban J connectivity index is 1.62. The molecule has 4 rings (SSSR count). The first-order valence-corrected chi connectivity index (χ1v) is 10.8. The van der Waals surface area contributed by atoms with Gasteiger partial charge in [-0.1, -0.05) is 6.07 Å². The highest BCUT2D eigenvalue weighted by atomic mass is 32.1. The van der Waals surface area contributed by atoms with Gasteiger partial charge in [0, 0.05) is 11.4 Å². The van der Waals surface area contributed by atoms with E-state index in [-0.39, 0.29) is 6.04 Å². The average Bonchev–Trinajstić information content (AvgIpc) is 3.12. The molecule has 0 bridgehead atoms. The summed E-state index contributed by atoms with van der Waals surface area (Å²) in [6.07, 6.45) is 6.50. The molecule has 0 aliphatic heterocycles. The van der Waals surface area contributed by atoms with Crippen molar-refractivity contribution >= 4 is 27.4 Å². The van der Waals surface area contributed by atoms with E-state index in [1.165, 1.54) is 35.1 Å². The quantitative estimate of drug-likeness (QED) is 0.624. The fraction of sp³-hybridized carbons (Fsp3) is 0.455. The van der Waals surface area contributed by atoms with Crippen molar-refractivity contribution in [2.24, 2.45) is 0 Å². The summed E-state index contributed by atoms with van der Waals surface area (Å²) >= 11 is 1.83. The molecule has 1 N–H and O–H groups in total. The third-order valence-electron chi connectivity index (χ3n) is 5.63. The van der Waals surface area contributed by atoms with E-state index in [0.29, 0.717) is 0 Å². The number of hydrogen-bond donors (Lipinski definition) is 1. The van der Waals surface area contributed by atoms with Gasteiger partial charge in [0.05, 0.1) is 25.6 Å². The summed E-state index contributed by atoms with van der Waals surface area (Å²) in [4.78, 5) is 13.9. The molecule has 0 saturated carbocycles. The first-order chi connectivity index (χ1) is 14.1. The first kappa shape index (κ1) is 19.9. The normalized spacial score (nSPS) is 14.7. The maximum atomic E-state index is 5.50. The van der Waals surface area contributed by atoms with Gasteiger partial charge < -0.3 is 19.7 Å². The lowest BCUT2D eigenvalue weighted by molar-refractivity contribution is 0.308. The SMILES string of the molecule is COc1ccc(C(CNc2ncnc3sc4c(c23)CCCC4)N(C)C)cc1OC. The van der Waals surface area contributed by atoms with Gasteiger partial charge in [0.2, 0.25) is 0 Å². The van der Waals surface area contributed by atoms with Gasteiger partial charge in [0.15, 0.2) is 11.5 Å². The summed E-state index contributed by atoms with van der Waals surface area (Å²) in [5.74, 6) is 2.43.